The van der Waals surface area contributed by atoms with E-state index in [4.69, 9.17) is 10.00 Å². The average Bonchev–Trinajstić information content (AvgIpc) is 2.53. The van der Waals surface area contributed by atoms with E-state index in [1.165, 1.54) is 11.1 Å². The normalized spacial score (nSPS) is 14.3. The lowest BCUT2D eigenvalue weighted by Crippen LogP contribution is -2.26. The van der Waals surface area contributed by atoms with E-state index in [9.17, 15) is 0 Å². The van der Waals surface area contributed by atoms with Gasteiger partial charge in [0, 0.05) is 24.2 Å². The van der Waals surface area contributed by atoms with Gasteiger partial charge in [-0.3, -0.25) is 0 Å². The second kappa shape index (κ2) is 5.99. The summed E-state index contributed by atoms with van der Waals surface area (Å²) in [5.41, 5.74) is 4.26. The second-order valence-corrected chi connectivity index (χ2v) is 5.44. The number of hydrogen-bond acceptors (Lipinski definition) is 3. The van der Waals surface area contributed by atoms with E-state index in [2.05, 4.69) is 30.1 Å². The Morgan fingerprint density at radius 3 is 2.90 bits per heavy atom. The van der Waals surface area contributed by atoms with Crippen molar-refractivity contribution in [2.45, 2.75) is 19.6 Å². The van der Waals surface area contributed by atoms with Crippen LogP contribution in [0.1, 0.15) is 22.3 Å². The van der Waals surface area contributed by atoms with Crippen molar-refractivity contribution in [3.05, 3.63) is 64.7 Å². The van der Waals surface area contributed by atoms with E-state index >= 15 is 0 Å². The maximum absolute atomic E-state index is 9.13. The van der Waals surface area contributed by atoms with E-state index in [0.29, 0.717) is 12.2 Å². The molecular weight excluding hydrogens is 260 g/mol. The summed E-state index contributed by atoms with van der Waals surface area (Å²) < 4.78 is 6.00. The summed E-state index contributed by atoms with van der Waals surface area (Å²) in [4.78, 5) is 2.30. The maximum atomic E-state index is 9.13. The summed E-state index contributed by atoms with van der Waals surface area (Å²) in [5.74, 6) is 0.937. The topological polar surface area (TPSA) is 36.3 Å². The number of ether oxygens (including phenoxy) is 1. The van der Waals surface area contributed by atoms with Gasteiger partial charge in [-0.2, -0.15) is 5.26 Å². The molecule has 0 bridgehead atoms. The fourth-order valence-electron chi connectivity index (χ4n) is 2.73. The van der Waals surface area contributed by atoms with Crippen LogP contribution >= 0.6 is 0 Å². The Labute approximate surface area is 125 Å². The van der Waals surface area contributed by atoms with Crippen molar-refractivity contribution in [2.24, 2.45) is 0 Å². The number of rotatable bonds is 3. The first-order valence-corrected chi connectivity index (χ1v) is 7.18. The van der Waals surface area contributed by atoms with Crippen molar-refractivity contribution in [1.29, 1.82) is 5.26 Å². The zero-order chi connectivity index (χ0) is 14.7. The van der Waals surface area contributed by atoms with Crippen LogP contribution in [-0.4, -0.2) is 18.5 Å². The van der Waals surface area contributed by atoms with Crippen LogP contribution in [0.2, 0.25) is 0 Å². The fourth-order valence-corrected chi connectivity index (χ4v) is 2.73. The Kier molecular flexibility index (Phi) is 3.89. The molecule has 0 aliphatic carbocycles. The summed E-state index contributed by atoms with van der Waals surface area (Å²) in [5, 5.41) is 9.13. The summed E-state index contributed by atoms with van der Waals surface area (Å²) in [6.45, 7) is 2.45. The molecule has 0 spiro atoms. The van der Waals surface area contributed by atoms with Gasteiger partial charge in [0.25, 0.3) is 0 Å². The van der Waals surface area contributed by atoms with Crippen LogP contribution in [0.4, 0.5) is 0 Å². The summed E-state index contributed by atoms with van der Waals surface area (Å²) in [6.07, 6.45) is 1.07. The zero-order valence-corrected chi connectivity index (χ0v) is 12.2. The van der Waals surface area contributed by atoms with E-state index in [-0.39, 0.29) is 0 Å². The van der Waals surface area contributed by atoms with Crippen molar-refractivity contribution in [2.75, 3.05) is 13.6 Å². The molecule has 0 fully saturated rings. The van der Waals surface area contributed by atoms with Gasteiger partial charge in [0.2, 0.25) is 0 Å². The molecule has 0 amide bonds. The molecule has 1 aliphatic heterocycles. The van der Waals surface area contributed by atoms with Gasteiger partial charge >= 0.3 is 0 Å². The van der Waals surface area contributed by atoms with Crippen molar-refractivity contribution < 1.29 is 4.74 Å². The van der Waals surface area contributed by atoms with Gasteiger partial charge in [0.05, 0.1) is 11.6 Å². The summed E-state index contributed by atoms with van der Waals surface area (Å²) in [7, 11) is 2.13. The number of fused-ring (bicyclic) bond motifs is 1. The predicted octanol–water partition coefficient (Wildman–Crippen LogP) is 3.13. The molecule has 3 nitrogen and oxygen atoms in total. The number of nitriles is 1. The molecule has 2 aromatic carbocycles. The van der Waals surface area contributed by atoms with Crippen LogP contribution in [0.25, 0.3) is 0 Å². The molecule has 0 atom stereocenters. The van der Waals surface area contributed by atoms with Crippen LogP contribution in [0.3, 0.4) is 0 Å². The molecule has 0 unspecified atom stereocenters. The first-order valence-electron chi connectivity index (χ1n) is 7.18. The first-order chi connectivity index (χ1) is 10.3. The Balaban J connectivity index is 1.82. The average molecular weight is 278 g/mol. The lowest BCUT2D eigenvalue weighted by Gasteiger charge is -2.26. The van der Waals surface area contributed by atoms with Gasteiger partial charge in [-0.1, -0.05) is 30.3 Å². The number of nitrogens with zero attached hydrogens (tertiary/aromatic N) is 2. The zero-order valence-electron chi connectivity index (χ0n) is 12.2. The molecule has 1 aliphatic rings. The molecule has 0 radical (unpaired) electrons. The molecule has 106 valence electrons. The minimum absolute atomic E-state index is 0.434. The Morgan fingerprint density at radius 2 is 2.05 bits per heavy atom. The van der Waals surface area contributed by atoms with Crippen LogP contribution in [0.15, 0.2) is 42.5 Å². The smallest absolute Gasteiger partial charge is 0.124 e. The molecule has 0 N–H and O–H groups in total. The van der Waals surface area contributed by atoms with Crippen LogP contribution in [-0.2, 0) is 19.6 Å². The number of likely N-dealkylation sites (N-methyl/N-ethyl adjacent to an activating group) is 1. The van der Waals surface area contributed by atoms with Crippen LogP contribution in [0, 0.1) is 11.3 Å². The lowest BCUT2D eigenvalue weighted by atomic mass is 9.99. The molecule has 3 rings (SSSR count). The Hall–Kier alpha value is -2.31. The molecule has 21 heavy (non-hydrogen) atoms. The highest BCUT2D eigenvalue weighted by Crippen LogP contribution is 2.28. The number of hydrogen-bond donors (Lipinski definition) is 0. The van der Waals surface area contributed by atoms with Crippen molar-refractivity contribution in [3.63, 3.8) is 0 Å². The Bertz CT molecular complexity index is 688. The van der Waals surface area contributed by atoms with Crippen molar-refractivity contribution >= 4 is 0 Å². The first kappa shape index (κ1) is 13.7. The van der Waals surface area contributed by atoms with Crippen molar-refractivity contribution in [3.8, 4) is 11.8 Å². The predicted molar refractivity (Wildman–Crippen MR) is 82.0 cm³/mol. The van der Waals surface area contributed by atoms with E-state index in [1.54, 1.807) is 0 Å². The molecular formula is C18H18N2O. The standard InChI is InChI=1S/C18H18N2O/c1-20-10-9-14-7-4-8-18(17(14)12-20)21-13-16-6-3-2-5-15(16)11-19/h2-8H,9-10,12-13H2,1H3. The van der Waals surface area contributed by atoms with Crippen LogP contribution in [0.5, 0.6) is 5.75 Å². The van der Waals surface area contributed by atoms with Gasteiger partial charge in [0.1, 0.15) is 12.4 Å². The van der Waals surface area contributed by atoms with Gasteiger partial charge in [0.15, 0.2) is 0 Å². The lowest BCUT2D eigenvalue weighted by molar-refractivity contribution is 0.275. The monoisotopic (exact) mass is 278 g/mol. The van der Waals surface area contributed by atoms with E-state index in [1.807, 2.05) is 30.3 Å². The highest BCUT2D eigenvalue weighted by molar-refractivity contribution is 5.42. The van der Waals surface area contributed by atoms with Gasteiger partial charge in [-0.15, -0.1) is 0 Å². The molecule has 3 heteroatoms. The van der Waals surface area contributed by atoms with Crippen molar-refractivity contribution in [1.82, 2.24) is 4.90 Å². The highest BCUT2D eigenvalue weighted by Gasteiger charge is 2.17. The third-order valence-corrected chi connectivity index (χ3v) is 3.94. The largest absolute Gasteiger partial charge is 0.489 e. The molecule has 0 aromatic heterocycles. The quantitative estimate of drug-likeness (QED) is 0.865. The van der Waals surface area contributed by atoms with E-state index < -0.39 is 0 Å². The van der Waals surface area contributed by atoms with Gasteiger partial charge < -0.3 is 9.64 Å². The SMILES string of the molecule is CN1CCc2cccc(OCc3ccccc3C#N)c2C1. The minimum atomic E-state index is 0.434. The second-order valence-electron chi connectivity index (χ2n) is 5.44. The highest BCUT2D eigenvalue weighted by atomic mass is 16.5. The summed E-state index contributed by atoms with van der Waals surface area (Å²) in [6, 6.07) is 16.0. The third kappa shape index (κ3) is 2.91. The Morgan fingerprint density at radius 1 is 1.19 bits per heavy atom. The van der Waals surface area contributed by atoms with Crippen LogP contribution < -0.4 is 4.74 Å². The van der Waals surface area contributed by atoms with E-state index in [0.717, 1.165) is 30.8 Å². The van der Waals surface area contributed by atoms with Gasteiger partial charge in [-0.25, -0.2) is 0 Å². The third-order valence-electron chi connectivity index (χ3n) is 3.94. The molecule has 2 aromatic rings. The molecule has 0 saturated heterocycles. The molecule has 1 heterocycles. The maximum Gasteiger partial charge on any atom is 0.124 e. The number of benzene rings is 2. The minimum Gasteiger partial charge on any atom is -0.489 e. The summed E-state index contributed by atoms with van der Waals surface area (Å²) >= 11 is 0. The fraction of sp³-hybridized carbons (Fsp3) is 0.278. The molecule has 0 saturated carbocycles. The van der Waals surface area contributed by atoms with Gasteiger partial charge in [-0.05, 0) is 31.2 Å².